The molecule has 3 aromatic rings. The molecule has 3 aromatic carbocycles. The van der Waals surface area contributed by atoms with E-state index in [0.717, 1.165) is 6.42 Å². The van der Waals surface area contributed by atoms with E-state index in [1.54, 1.807) is 0 Å². The first-order valence-corrected chi connectivity index (χ1v) is 7.10. The van der Waals surface area contributed by atoms with Gasteiger partial charge in [-0.1, -0.05) is 66.7 Å². The van der Waals surface area contributed by atoms with Gasteiger partial charge in [-0.3, -0.25) is 0 Å². The third-order valence-electron chi connectivity index (χ3n) is 4.15. The van der Waals surface area contributed by atoms with Crippen LogP contribution in [0, 0.1) is 6.92 Å². The summed E-state index contributed by atoms with van der Waals surface area (Å²) in [5.41, 5.74) is 9.78. The predicted molar refractivity (Wildman–Crippen MR) is 84.9 cm³/mol. The van der Waals surface area contributed by atoms with Crippen LogP contribution in [0.1, 0.15) is 16.7 Å². The first-order chi connectivity index (χ1) is 9.83. The Bertz CT molecular complexity index is 782. The monoisotopic (exact) mass is 256 g/mol. The van der Waals surface area contributed by atoms with E-state index in [2.05, 4.69) is 73.7 Å². The zero-order chi connectivity index (χ0) is 13.5. The van der Waals surface area contributed by atoms with Crippen LogP contribution in [0.5, 0.6) is 0 Å². The molecule has 0 bridgehead atoms. The summed E-state index contributed by atoms with van der Waals surface area (Å²) in [5, 5.41) is 0. The number of aryl methyl sites for hydroxylation is 1. The molecule has 0 atom stereocenters. The van der Waals surface area contributed by atoms with Crippen molar-refractivity contribution in [3.63, 3.8) is 0 Å². The van der Waals surface area contributed by atoms with Crippen LogP contribution in [0.3, 0.4) is 0 Å². The highest BCUT2D eigenvalue weighted by Gasteiger charge is 2.21. The van der Waals surface area contributed by atoms with Gasteiger partial charge in [-0.15, -0.1) is 0 Å². The normalized spacial score (nSPS) is 12.1. The maximum Gasteiger partial charge on any atom is -0.000728 e. The quantitative estimate of drug-likeness (QED) is 0.437. The molecular weight excluding hydrogens is 240 g/mol. The van der Waals surface area contributed by atoms with E-state index in [0.29, 0.717) is 0 Å². The topological polar surface area (TPSA) is 0 Å². The zero-order valence-corrected chi connectivity index (χ0v) is 11.6. The summed E-state index contributed by atoms with van der Waals surface area (Å²) in [6, 6.07) is 24.1. The van der Waals surface area contributed by atoms with Crippen molar-refractivity contribution in [2.24, 2.45) is 0 Å². The number of hydrogen-bond donors (Lipinski definition) is 0. The van der Waals surface area contributed by atoms with Crippen LogP contribution in [0.25, 0.3) is 22.3 Å². The highest BCUT2D eigenvalue weighted by Crippen LogP contribution is 2.42. The van der Waals surface area contributed by atoms with Crippen molar-refractivity contribution in [1.29, 1.82) is 0 Å². The van der Waals surface area contributed by atoms with Gasteiger partial charge < -0.3 is 0 Å². The Hall–Kier alpha value is -2.34. The lowest BCUT2D eigenvalue weighted by Gasteiger charge is -2.11. The van der Waals surface area contributed by atoms with E-state index in [1.807, 2.05) is 0 Å². The van der Waals surface area contributed by atoms with Gasteiger partial charge in [-0.25, -0.2) is 0 Å². The maximum absolute atomic E-state index is 2.33. The van der Waals surface area contributed by atoms with Crippen LogP contribution < -0.4 is 0 Å². The Labute approximate surface area is 119 Å². The molecule has 1 aliphatic rings. The molecule has 1 aliphatic carbocycles. The average molecular weight is 256 g/mol. The molecule has 96 valence electrons. The fourth-order valence-corrected chi connectivity index (χ4v) is 3.25. The summed E-state index contributed by atoms with van der Waals surface area (Å²) in [4.78, 5) is 0. The molecule has 0 N–H and O–H groups in total. The van der Waals surface area contributed by atoms with Crippen molar-refractivity contribution in [1.82, 2.24) is 0 Å². The minimum absolute atomic E-state index is 1.05. The molecule has 0 saturated heterocycles. The number of fused-ring (bicyclic) bond motifs is 3. The third kappa shape index (κ3) is 1.69. The fourth-order valence-electron chi connectivity index (χ4n) is 3.25. The lowest BCUT2D eigenvalue weighted by Crippen LogP contribution is -1.89. The zero-order valence-electron chi connectivity index (χ0n) is 11.6. The Kier molecular flexibility index (Phi) is 2.50. The van der Waals surface area contributed by atoms with E-state index in [4.69, 9.17) is 0 Å². The van der Waals surface area contributed by atoms with E-state index in [-0.39, 0.29) is 0 Å². The van der Waals surface area contributed by atoms with Gasteiger partial charge in [-0.2, -0.15) is 0 Å². The molecule has 0 unspecified atom stereocenters. The van der Waals surface area contributed by atoms with E-state index in [9.17, 15) is 0 Å². The highest BCUT2D eigenvalue weighted by molar-refractivity contribution is 5.85. The molecule has 0 heteroatoms. The van der Waals surface area contributed by atoms with Gasteiger partial charge in [0.2, 0.25) is 0 Å². The minimum atomic E-state index is 1.05. The van der Waals surface area contributed by atoms with Crippen molar-refractivity contribution in [3.8, 4) is 22.3 Å². The van der Waals surface area contributed by atoms with E-state index >= 15 is 0 Å². The summed E-state index contributed by atoms with van der Waals surface area (Å²) < 4.78 is 0. The fraction of sp³-hybridized carbons (Fsp3) is 0.100. The van der Waals surface area contributed by atoms with Crippen molar-refractivity contribution < 1.29 is 0 Å². The molecule has 0 nitrogen and oxygen atoms in total. The molecular formula is C20H16. The van der Waals surface area contributed by atoms with Gasteiger partial charge in [0, 0.05) is 0 Å². The molecule has 0 radical (unpaired) electrons. The first-order valence-electron chi connectivity index (χ1n) is 7.10. The summed E-state index contributed by atoms with van der Waals surface area (Å²) in [5.74, 6) is 0. The second-order valence-electron chi connectivity index (χ2n) is 5.54. The molecule has 0 amide bonds. The van der Waals surface area contributed by atoms with Crippen LogP contribution in [0.4, 0.5) is 0 Å². The maximum atomic E-state index is 2.33. The van der Waals surface area contributed by atoms with Crippen LogP contribution in [0.2, 0.25) is 0 Å². The summed E-state index contributed by atoms with van der Waals surface area (Å²) in [6.45, 7) is 2.19. The van der Waals surface area contributed by atoms with Crippen LogP contribution in [-0.2, 0) is 6.42 Å². The van der Waals surface area contributed by atoms with Crippen molar-refractivity contribution >= 4 is 0 Å². The lowest BCUT2D eigenvalue weighted by atomic mass is 9.93. The van der Waals surface area contributed by atoms with Crippen LogP contribution in [0.15, 0.2) is 66.7 Å². The van der Waals surface area contributed by atoms with E-state index in [1.165, 1.54) is 38.9 Å². The second-order valence-corrected chi connectivity index (χ2v) is 5.54. The molecule has 0 saturated carbocycles. The first kappa shape index (κ1) is 11.5. The van der Waals surface area contributed by atoms with Crippen LogP contribution in [-0.4, -0.2) is 0 Å². The second kappa shape index (κ2) is 4.35. The number of hydrogen-bond acceptors (Lipinski definition) is 0. The molecule has 0 heterocycles. The van der Waals surface area contributed by atoms with Gasteiger partial charge in [0.25, 0.3) is 0 Å². The van der Waals surface area contributed by atoms with Gasteiger partial charge >= 0.3 is 0 Å². The summed E-state index contributed by atoms with van der Waals surface area (Å²) in [6.07, 6.45) is 1.05. The van der Waals surface area contributed by atoms with Crippen molar-refractivity contribution in [3.05, 3.63) is 83.4 Å². The Balaban J connectivity index is 1.99. The average Bonchev–Trinajstić information content (AvgIpc) is 2.86. The molecule has 0 spiro atoms. The summed E-state index contributed by atoms with van der Waals surface area (Å²) in [7, 11) is 0. The standard InChI is InChI=1S/C20H16/c1-14-11-18(15-7-3-2-4-8-15)20-13-16-9-5-6-10-17(16)19(20)12-14/h2-12H,13H2,1H3. The smallest absolute Gasteiger partial charge is 0.000728 e. The molecule has 0 aromatic heterocycles. The van der Waals surface area contributed by atoms with Crippen molar-refractivity contribution in [2.75, 3.05) is 0 Å². The largest absolute Gasteiger partial charge is 0.0622 e. The predicted octanol–water partition coefficient (Wildman–Crippen LogP) is 5.23. The minimum Gasteiger partial charge on any atom is -0.0622 e. The number of benzene rings is 3. The van der Waals surface area contributed by atoms with Gasteiger partial charge in [0.05, 0.1) is 0 Å². The van der Waals surface area contributed by atoms with Gasteiger partial charge in [-0.05, 0) is 52.3 Å². The molecule has 4 rings (SSSR count). The SMILES string of the molecule is Cc1cc(-c2ccccc2)c2c(c1)-c1ccccc1C2. The van der Waals surface area contributed by atoms with Crippen molar-refractivity contribution in [2.45, 2.75) is 13.3 Å². The Morgan fingerprint density at radius 3 is 2.25 bits per heavy atom. The Morgan fingerprint density at radius 2 is 1.40 bits per heavy atom. The molecule has 20 heavy (non-hydrogen) atoms. The molecule has 0 fully saturated rings. The van der Waals surface area contributed by atoms with Gasteiger partial charge in [0.15, 0.2) is 0 Å². The van der Waals surface area contributed by atoms with E-state index < -0.39 is 0 Å². The number of rotatable bonds is 1. The Morgan fingerprint density at radius 1 is 0.700 bits per heavy atom. The highest BCUT2D eigenvalue weighted by atomic mass is 14.2. The molecule has 0 aliphatic heterocycles. The third-order valence-corrected chi connectivity index (χ3v) is 4.15. The lowest BCUT2D eigenvalue weighted by molar-refractivity contribution is 1.26. The van der Waals surface area contributed by atoms with Crippen LogP contribution >= 0.6 is 0 Å². The summed E-state index contributed by atoms with van der Waals surface area (Å²) >= 11 is 0. The van der Waals surface area contributed by atoms with Gasteiger partial charge in [0.1, 0.15) is 0 Å².